The fourth-order valence-electron chi connectivity index (χ4n) is 6.26. The SMILES string of the molecule is CC(C)c1ccc2[cH-]c(-c3ccccc3)cc2c1-c1cc(C(C)(C)C)cc(C(C)(C)C)c1.[Cl][Zr+2][Cl].[c-]1cccc2c1[Si]c1ccccc1-2. The fraction of sp³-hybridized carbons (Fsp3) is 0.250. The van der Waals surface area contributed by atoms with Crippen LogP contribution in [0.5, 0.6) is 0 Å². The monoisotopic (exact) mass is 760 g/mol. The third-order valence-corrected chi connectivity index (χ3v) is 10.3. The summed E-state index contributed by atoms with van der Waals surface area (Å²) in [5.41, 5.74) is 12.5. The normalized spacial score (nSPS) is 12.0. The molecule has 1 aliphatic rings. The molecule has 2 radical (unpaired) electrons. The van der Waals surface area contributed by atoms with E-state index in [1.807, 2.05) is 6.07 Å². The first-order valence-electron chi connectivity index (χ1n) is 16.6. The molecule has 0 nitrogen and oxygen atoms in total. The Morgan fingerprint density at radius 2 is 1.29 bits per heavy atom. The summed E-state index contributed by atoms with van der Waals surface area (Å²) in [6.07, 6.45) is 0. The van der Waals surface area contributed by atoms with Gasteiger partial charge in [-0.1, -0.05) is 156 Å². The molecule has 0 bridgehead atoms. The molecule has 1 aliphatic heterocycles. The summed E-state index contributed by atoms with van der Waals surface area (Å²) in [5, 5.41) is 5.51. The van der Waals surface area contributed by atoms with E-state index in [1.54, 1.807) is 0 Å². The molecule has 4 heteroatoms. The number of benzene rings is 5. The van der Waals surface area contributed by atoms with Crippen LogP contribution in [0.25, 0.3) is 44.2 Å². The summed E-state index contributed by atoms with van der Waals surface area (Å²) in [5.74, 6) is 0.459. The second kappa shape index (κ2) is 15.5. The summed E-state index contributed by atoms with van der Waals surface area (Å²) in [4.78, 5) is 0. The Morgan fingerprint density at radius 1 is 0.688 bits per heavy atom. The largest absolute Gasteiger partial charge is 0.184 e. The van der Waals surface area contributed by atoms with Crippen LogP contribution < -0.4 is 10.4 Å². The van der Waals surface area contributed by atoms with Crippen molar-refractivity contribution in [2.75, 3.05) is 0 Å². The number of rotatable bonds is 3. The quantitative estimate of drug-likeness (QED) is 0.124. The van der Waals surface area contributed by atoms with E-state index in [9.17, 15) is 0 Å². The minimum Gasteiger partial charge on any atom is -0.184 e. The average molecular weight is 763 g/mol. The van der Waals surface area contributed by atoms with Crippen LogP contribution >= 0.6 is 17.0 Å². The molecular formula is C44H44Cl2SiZr. The number of halogens is 2. The van der Waals surface area contributed by atoms with E-state index < -0.39 is 20.8 Å². The smallest absolute Gasteiger partial charge is 0.0920 e. The maximum Gasteiger partial charge on any atom is 0.0920 e. The molecule has 6 aromatic carbocycles. The van der Waals surface area contributed by atoms with Crippen molar-refractivity contribution >= 4 is 47.7 Å². The van der Waals surface area contributed by atoms with Gasteiger partial charge in [-0.25, -0.2) is 0 Å². The van der Waals surface area contributed by atoms with Crippen molar-refractivity contribution in [3.05, 3.63) is 138 Å². The Morgan fingerprint density at radius 3 is 1.92 bits per heavy atom. The van der Waals surface area contributed by atoms with Gasteiger partial charge in [0, 0.05) is 0 Å². The number of hydrogen-bond donors (Lipinski definition) is 0. The molecule has 0 N–H and O–H groups in total. The molecule has 0 saturated heterocycles. The van der Waals surface area contributed by atoms with Crippen molar-refractivity contribution in [2.24, 2.45) is 0 Å². The topological polar surface area (TPSA) is 0 Å². The fourth-order valence-corrected chi connectivity index (χ4v) is 7.57. The zero-order chi connectivity index (χ0) is 34.6. The van der Waals surface area contributed by atoms with E-state index >= 15 is 0 Å². The van der Waals surface area contributed by atoms with Gasteiger partial charge in [-0.05, 0) is 39.0 Å². The van der Waals surface area contributed by atoms with Crippen LogP contribution in [0, 0.1) is 6.07 Å². The van der Waals surface area contributed by atoms with Gasteiger partial charge in [-0.2, -0.15) is 29.5 Å². The minimum atomic E-state index is -0.826. The van der Waals surface area contributed by atoms with Crippen molar-refractivity contribution in [3.63, 3.8) is 0 Å². The number of fused-ring (bicyclic) bond motifs is 4. The molecule has 0 amide bonds. The molecule has 6 aromatic rings. The van der Waals surface area contributed by atoms with Crippen molar-refractivity contribution < 1.29 is 20.8 Å². The third-order valence-electron chi connectivity index (χ3n) is 8.94. The number of hydrogen-bond acceptors (Lipinski definition) is 0. The molecule has 0 unspecified atom stereocenters. The van der Waals surface area contributed by atoms with Crippen molar-refractivity contribution in [2.45, 2.75) is 72.1 Å². The molecule has 0 aliphatic carbocycles. The van der Waals surface area contributed by atoms with Gasteiger partial charge in [0.2, 0.25) is 0 Å². The predicted octanol–water partition coefficient (Wildman–Crippen LogP) is 12.1. The maximum absolute atomic E-state index is 4.93. The van der Waals surface area contributed by atoms with Crippen LogP contribution in [0.4, 0.5) is 0 Å². The van der Waals surface area contributed by atoms with Crippen LogP contribution in [0.1, 0.15) is 78.0 Å². The second-order valence-electron chi connectivity index (χ2n) is 14.8. The van der Waals surface area contributed by atoms with Crippen LogP contribution in [-0.2, 0) is 31.7 Å². The third kappa shape index (κ3) is 8.39. The first-order valence-corrected chi connectivity index (χ1v) is 23.9. The van der Waals surface area contributed by atoms with Gasteiger partial charge < -0.3 is 0 Å². The van der Waals surface area contributed by atoms with Crippen LogP contribution in [0.2, 0.25) is 0 Å². The Hall–Kier alpha value is -2.61. The predicted molar refractivity (Wildman–Crippen MR) is 209 cm³/mol. The van der Waals surface area contributed by atoms with Crippen molar-refractivity contribution in [1.82, 2.24) is 0 Å². The summed E-state index contributed by atoms with van der Waals surface area (Å²) in [6, 6.07) is 45.6. The first-order chi connectivity index (χ1) is 22.8. The van der Waals surface area contributed by atoms with E-state index in [2.05, 4.69) is 171 Å². The molecule has 48 heavy (non-hydrogen) atoms. The average Bonchev–Trinajstić information content (AvgIpc) is 3.66. The van der Waals surface area contributed by atoms with E-state index in [-0.39, 0.29) is 10.8 Å². The van der Waals surface area contributed by atoms with Gasteiger partial charge in [0.25, 0.3) is 0 Å². The molecule has 7 rings (SSSR count). The van der Waals surface area contributed by atoms with Crippen LogP contribution in [-0.4, -0.2) is 9.52 Å². The molecule has 0 fully saturated rings. The van der Waals surface area contributed by atoms with E-state index in [0.717, 1.165) is 9.52 Å². The Bertz CT molecular complexity index is 1920. The van der Waals surface area contributed by atoms with E-state index in [1.165, 1.54) is 71.2 Å². The summed E-state index contributed by atoms with van der Waals surface area (Å²) < 4.78 is 0. The van der Waals surface area contributed by atoms with Gasteiger partial charge in [-0.15, -0.1) is 40.1 Å². The molecule has 1 heterocycles. The maximum atomic E-state index is 4.93. The van der Waals surface area contributed by atoms with Crippen LogP contribution in [0.15, 0.2) is 115 Å². The molecular weight excluding hydrogens is 719 g/mol. The van der Waals surface area contributed by atoms with Gasteiger partial charge in [-0.3, -0.25) is 0 Å². The molecule has 0 atom stereocenters. The summed E-state index contributed by atoms with van der Waals surface area (Å²) in [7, 11) is 10.7. The second-order valence-corrected chi connectivity index (χ2v) is 19.8. The van der Waals surface area contributed by atoms with E-state index in [0.29, 0.717) is 5.92 Å². The molecule has 0 aromatic heterocycles. The van der Waals surface area contributed by atoms with Crippen LogP contribution in [0.3, 0.4) is 0 Å². The zero-order valence-corrected chi connectivity index (χ0v) is 34.3. The molecule has 0 spiro atoms. The summed E-state index contributed by atoms with van der Waals surface area (Å²) >= 11 is -0.826. The van der Waals surface area contributed by atoms with Gasteiger partial charge in [0.1, 0.15) is 0 Å². The van der Waals surface area contributed by atoms with Gasteiger partial charge >= 0.3 is 37.9 Å². The Balaban J connectivity index is 0.000000231. The Kier molecular flexibility index (Phi) is 11.9. The van der Waals surface area contributed by atoms with Gasteiger partial charge in [0.15, 0.2) is 0 Å². The van der Waals surface area contributed by atoms with Gasteiger partial charge in [0.05, 0.1) is 9.52 Å². The summed E-state index contributed by atoms with van der Waals surface area (Å²) in [6.45, 7) is 18.5. The molecule has 242 valence electrons. The Labute approximate surface area is 309 Å². The zero-order valence-electron chi connectivity index (χ0n) is 29.3. The van der Waals surface area contributed by atoms with Crippen molar-refractivity contribution in [1.29, 1.82) is 0 Å². The van der Waals surface area contributed by atoms with Crippen molar-refractivity contribution in [3.8, 4) is 33.4 Å². The van der Waals surface area contributed by atoms with E-state index in [4.69, 9.17) is 17.0 Å². The first kappa shape index (κ1) is 36.7. The minimum absolute atomic E-state index is 0.100. The standard InChI is InChI=1S/C32H37.C12H7Si.2ClH.Zr/c1-21(2)28-15-14-23-16-24(22-12-10-9-11-13-22)19-29(23)30(28)25-17-26(31(3,4)5)20-27(18-25)32(6,7)8;1-3-7-11-9(5-1)10-6-2-4-8-12(10)13-11;;;/h9-21H,1-8H3;1-7H;2*1H;/q2*-1;;;+4/p-2. The molecule has 0 saturated carbocycles.